The molecule has 0 spiro atoms. The fourth-order valence-electron chi connectivity index (χ4n) is 1.07. The maximum atomic E-state index is 11.2. The van der Waals surface area contributed by atoms with Crippen molar-refractivity contribution in [3.8, 4) is 0 Å². The monoisotopic (exact) mass is 255 g/mol. The largest absolute Gasteiger partial charge is 0.324 e. The first-order valence-electron chi connectivity index (χ1n) is 5.19. The Morgan fingerprint density at radius 2 is 2.41 bits per heavy atom. The Morgan fingerprint density at radius 1 is 1.65 bits per heavy atom. The summed E-state index contributed by atoms with van der Waals surface area (Å²) in [5, 5.41) is 14.2. The van der Waals surface area contributed by atoms with Crippen molar-refractivity contribution in [1.29, 1.82) is 0 Å². The van der Waals surface area contributed by atoms with Gasteiger partial charge in [-0.1, -0.05) is 24.7 Å². The second-order valence-corrected chi connectivity index (χ2v) is 4.42. The number of hydrazone groups is 1. The Kier molecular flexibility index (Phi) is 5.28. The van der Waals surface area contributed by atoms with Gasteiger partial charge in [0.25, 0.3) is 0 Å². The number of nitro groups is 1. The van der Waals surface area contributed by atoms with E-state index in [0.29, 0.717) is 11.3 Å². The van der Waals surface area contributed by atoms with Crippen molar-refractivity contribution in [3.63, 3.8) is 0 Å². The van der Waals surface area contributed by atoms with Gasteiger partial charge in [-0.15, -0.1) is 0 Å². The van der Waals surface area contributed by atoms with E-state index in [4.69, 9.17) is 0 Å². The molecule has 1 N–H and O–H groups in total. The number of thiophene rings is 1. The van der Waals surface area contributed by atoms with E-state index in [2.05, 4.69) is 10.5 Å². The van der Waals surface area contributed by atoms with E-state index in [1.165, 1.54) is 12.3 Å². The summed E-state index contributed by atoms with van der Waals surface area (Å²) in [6.07, 6.45) is 3.63. The lowest BCUT2D eigenvalue weighted by Crippen LogP contribution is -2.16. The Labute approximate surface area is 102 Å². The number of nitrogens with zero attached hydrogens (tertiary/aromatic N) is 2. The van der Waals surface area contributed by atoms with Crippen LogP contribution in [-0.4, -0.2) is 17.0 Å². The van der Waals surface area contributed by atoms with Crippen LogP contribution in [0.3, 0.4) is 0 Å². The number of carbonyl (C=O) groups is 1. The summed E-state index contributed by atoms with van der Waals surface area (Å²) < 4.78 is 0. The molecule has 1 aromatic heterocycles. The van der Waals surface area contributed by atoms with Crippen LogP contribution in [0, 0.1) is 10.1 Å². The van der Waals surface area contributed by atoms with Gasteiger partial charge in [-0.3, -0.25) is 14.9 Å². The normalized spacial score (nSPS) is 10.6. The summed E-state index contributed by atoms with van der Waals surface area (Å²) in [5.74, 6) is -0.144. The maximum absolute atomic E-state index is 11.2. The van der Waals surface area contributed by atoms with Gasteiger partial charge in [-0.2, -0.15) is 5.10 Å². The average molecular weight is 255 g/mol. The molecule has 1 aromatic rings. The van der Waals surface area contributed by atoms with Crippen molar-refractivity contribution in [2.24, 2.45) is 5.10 Å². The average Bonchev–Trinajstić information content (AvgIpc) is 2.75. The third kappa shape index (κ3) is 4.73. The van der Waals surface area contributed by atoms with Gasteiger partial charge in [0.05, 0.1) is 16.0 Å². The van der Waals surface area contributed by atoms with Crippen LogP contribution in [0.1, 0.15) is 31.1 Å². The lowest BCUT2D eigenvalue weighted by Gasteiger charge is -1.96. The molecule has 0 aliphatic heterocycles. The number of unbranched alkanes of at least 4 members (excludes halogenated alkanes) is 1. The van der Waals surface area contributed by atoms with Crippen LogP contribution < -0.4 is 5.43 Å². The molecule has 1 rings (SSSR count). The predicted molar refractivity (Wildman–Crippen MR) is 66.2 cm³/mol. The smallest absolute Gasteiger partial charge is 0.273 e. The third-order valence-corrected chi connectivity index (χ3v) is 2.90. The van der Waals surface area contributed by atoms with Gasteiger partial charge in [-0.25, -0.2) is 5.43 Å². The summed E-state index contributed by atoms with van der Waals surface area (Å²) in [7, 11) is 0. The van der Waals surface area contributed by atoms with Gasteiger partial charge in [0, 0.05) is 12.5 Å². The molecule has 92 valence electrons. The molecule has 6 nitrogen and oxygen atoms in total. The van der Waals surface area contributed by atoms with Crippen molar-refractivity contribution < 1.29 is 9.72 Å². The highest BCUT2D eigenvalue weighted by atomic mass is 32.1. The standard InChI is InChI=1S/C10H13N3O3S/c1-2-3-4-9(14)12-11-7-8-5-6-10(17-8)13(15)16/h5-7H,2-4H2,1H3,(H,12,14). The van der Waals surface area contributed by atoms with E-state index in [1.807, 2.05) is 6.92 Å². The lowest BCUT2D eigenvalue weighted by molar-refractivity contribution is -0.380. The highest BCUT2D eigenvalue weighted by molar-refractivity contribution is 7.16. The number of hydrogen-bond acceptors (Lipinski definition) is 5. The van der Waals surface area contributed by atoms with E-state index in [0.717, 1.165) is 24.2 Å². The van der Waals surface area contributed by atoms with E-state index in [1.54, 1.807) is 6.07 Å². The topological polar surface area (TPSA) is 84.6 Å². The minimum atomic E-state index is -0.457. The molecule has 17 heavy (non-hydrogen) atoms. The van der Waals surface area contributed by atoms with Gasteiger partial charge < -0.3 is 0 Å². The van der Waals surface area contributed by atoms with Gasteiger partial charge >= 0.3 is 5.00 Å². The van der Waals surface area contributed by atoms with Crippen LogP contribution in [0.25, 0.3) is 0 Å². The molecular formula is C10H13N3O3S. The van der Waals surface area contributed by atoms with Crippen molar-refractivity contribution in [2.45, 2.75) is 26.2 Å². The molecule has 7 heteroatoms. The molecule has 1 amide bonds. The van der Waals surface area contributed by atoms with Crippen molar-refractivity contribution in [1.82, 2.24) is 5.43 Å². The summed E-state index contributed by atoms with van der Waals surface area (Å²) in [6, 6.07) is 3.00. The van der Waals surface area contributed by atoms with Crippen molar-refractivity contribution in [2.75, 3.05) is 0 Å². The highest BCUT2D eigenvalue weighted by Crippen LogP contribution is 2.22. The van der Waals surface area contributed by atoms with E-state index in [9.17, 15) is 14.9 Å². The number of rotatable bonds is 6. The van der Waals surface area contributed by atoms with Crippen LogP contribution >= 0.6 is 11.3 Å². The molecule has 0 saturated carbocycles. The SMILES string of the molecule is CCCCC(=O)NN=Cc1ccc([N+](=O)[O-])s1. The molecule has 0 aliphatic rings. The van der Waals surface area contributed by atoms with Crippen LogP contribution in [0.4, 0.5) is 5.00 Å². The molecule has 0 fully saturated rings. The van der Waals surface area contributed by atoms with Crippen LogP contribution in [0.15, 0.2) is 17.2 Å². The van der Waals surface area contributed by atoms with Crippen LogP contribution in [-0.2, 0) is 4.79 Å². The van der Waals surface area contributed by atoms with Gasteiger partial charge in [0.15, 0.2) is 0 Å². The van der Waals surface area contributed by atoms with Crippen molar-refractivity contribution in [3.05, 3.63) is 27.1 Å². The number of nitrogens with one attached hydrogen (secondary N) is 1. The van der Waals surface area contributed by atoms with E-state index in [-0.39, 0.29) is 10.9 Å². The predicted octanol–water partition coefficient (Wildman–Crippen LogP) is 2.30. The molecular weight excluding hydrogens is 242 g/mol. The fraction of sp³-hybridized carbons (Fsp3) is 0.400. The molecule has 0 unspecified atom stereocenters. The van der Waals surface area contributed by atoms with Crippen LogP contribution in [0.2, 0.25) is 0 Å². The lowest BCUT2D eigenvalue weighted by atomic mass is 10.2. The fourth-order valence-corrected chi connectivity index (χ4v) is 1.76. The number of hydrogen-bond donors (Lipinski definition) is 1. The zero-order valence-electron chi connectivity index (χ0n) is 9.38. The highest BCUT2D eigenvalue weighted by Gasteiger charge is 2.07. The Morgan fingerprint density at radius 3 is 3.00 bits per heavy atom. The second kappa shape index (κ2) is 6.74. The first-order valence-corrected chi connectivity index (χ1v) is 6.01. The Bertz CT molecular complexity index is 428. The molecule has 0 saturated heterocycles. The zero-order chi connectivity index (χ0) is 12.7. The number of amides is 1. The zero-order valence-corrected chi connectivity index (χ0v) is 10.2. The Hall–Kier alpha value is -1.76. The third-order valence-electron chi connectivity index (χ3n) is 1.93. The molecule has 0 aromatic carbocycles. The van der Waals surface area contributed by atoms with E-state index < -0.39 is 4.92 Å². The van der Waals surface area contributed by atoms with E-state index >= 15 is 0 Å². The molecule has 0 atom stereocenters. The summed E-state index contributed by atoms with van der Waals surface area (Å²) >= 11 is 1.01. The molecule has 0 aliphatic carbocycles. The first-order chi connectivity index (χ1) is 8.13. The first kappa shape index (κ1) is 13.3. The molecule has 0 radical (unpaired) electrons. The molecule has 1 heterocycles. The van der Waals surface area contributed by atoms with Crippen LogP contribution in [0.5, 0.6) is 0 Å². The summed E-state index contributed by atoms with van der Waals surface area (Å²) in [4.78, 5) is 21.8. The van der Waals surface area contributed by atoms with Crippen molar-refractivity contribution >= 4 is 28.5 Å². The minimum Gasteiger partial charge on any atom is -0.273 e. The van der Waals surface area contributed by atoms with Gasteiger partial charge in [-0.05, 0) is 12.5 Å². The summed E-state index contributed by atoms with van der Waals surface area (Å²) in [5.41, 5.74) is 2.37. The maximum Gasteiger partial charge on any atom is 0.324 e. The summed E-state index contributed by atoms with van der Waals surface area (Å²) in [6.45, 7) is 2.00. The number of carbonyl (C=O) groups excluding carboxylic acids is 1. The quantitative estimate of drug-likeness (QED) is 0.481. The Balaban J connectivity index is 2.42. The van der Waals surface area contributed by atoms with Gasteiger partial charge in [0.1, 0.15) is 0 Å². The minimum absolute atomic E-state index is 0.0590. The molecule has 0 bridgehead atoms. The second-order valence-electron chi connectivity index (χ2n) is 3.33. The van der Waals surface area contributed by atoms with Gasteiger partial charge in [0.2, 0.25) is 5.91 Å².